The van der Waals surface area contributed by atoms with Gasteiger partial charge in [-0.15, -0.1) is 0 Å². The van der Waals surface area contributed by atoms with Crippen molar-refractivity contribution in [1.29, 1.82) is 0 Å². The number of aromatic nitrogens is 3. The largest absolute Gasteiger partial charge is 0.431 e. The molecule has 0 unspecified atom stereocenters. The molecule has 1 amide bonds. The van der Waals surface area contributed by atoms with E-state index in [0.29, 0.717) is 27.9 Å². The molecule has 2 N–H and O–H groups in total. The van der Waals surface area contributed by atoms with Crippen LogP contribution in [0.2, 0.25) is 0 Å². The molecule has 3 rings (SSSR count). The molecule has 0 fully saturated rings. The number of fused-ring (bicyclic) bond motifs is 1. The Kier molecular flexibility index (Phi) is 3.96. The van der Waals surface area contributed by atoms with Crippen molar-refractivity contribution in [3.05, 3.63) is 59.3 Å². The van der Waals surface area contributed by atoms with Gasteiger partial charge in [0.25, 0.3) is 5.91 Å². The zero-order valence-electron chi connectivity index (χ0n) is 12.6. The van der Waals surface area contributed by atoms with Crippen LogP contribution in [0.3, 0.4) is 0 Å². The average Bonchev–Trinajstić information content (AvgIpc) is 2.97. The lowest BCUT2D eigenvalue weighted by Gasteiger charge is -2.05. The summed E-state index contributed by atoms with van der Waals surface area (Å²) in [4.78, 5) is 22.2. The van der Waals surface area contributed by atoms with Gasteiger partial charge < -0.3 is 10.3 Å². The number of rotatable bonds is 3. The SMILES string of the molecule is Cc1ncc(C(=O)NCc2ccc3[nH]c(C(F)(F)F)cc3c2)cn1. The molecule has 0 spiro atoms. The van der Waals surface area contributed by atoms with Crippen molar-refractivity contribution in [2.24, 2.45) is 0 Å². The fraction of sp³-hybridized carbons (Fsp3) is 0.188. The lowest BCUT2D eigenvalue weighted by molar-refractivity contribution is -0.140. The first-order valence-electron chi connectivity index (χ1n) is 7.08. The number of amides is 1. The summed E-state index contributed by atoms with van der Waals surface area (Å²) in [5.74, 6) is 0.213. The lowest BCUT2D eigenvalue weighted by Crippen LogP contribution is -2.23. The first-order valence-corrected chi connectivity index (χ1v) is 7.08. The summed E-state index contributed by atoms with van der Waals surface area (Å²) in [7, 11) is 0. The van der Waals surface area contributed by atoms with Crippen molar-refractivity contribution in [2.75, 3.05) is 0 Å². The van der Waals surface area contributed by atoms with Crippen molar-refractivity contribution in [1.82, 2.24) is 20.3 Å². The van der Waals surface area contributed by atoms with Gasteiger partial charge >= 0.3 is 6.18 Å². The zero-order valence-corrected chi connectivity index (χ0v) is 12.6. The molecular weight excluding hydrogens is 321 g/mol. The van der Waals surface area contributed by atoms with Gasteiger partial charge in [0.2, 0.25) is 0 Å². The second-order valence-corrected chi connectivity index (χ2v) is 5.30. The first-order chi connectivity index (χ1) is 11.3. The highest BCUT2D eigenvalue weighted by atomic mass is 19.4. The van der Waals surface area contributed by atoms with Gasteiger partial charge in [0.05, 0.1) is 5.56 Å². The van der Waals surface area contributed by atoms with Crippen LogP contribution >= 0.6 is 0 Å². The number of aryl methyl sites for hydroxylation is 1. The van der Waals surface area contributed by atoms with Gasteiger partial charge in [-0.25, -0.2) is 9.97 Å². The third-order valence-electron chi connectivity index (χ3n) is 3.49. The van der Waals surface area contributed by atoms with E-state index in [0.717, 1.165) is 6.07 Å². The highest BCUT2D eigenvalue weighted by molar-refractivity contribution is 5.93. The number of carbonyl (C=O) groups is 1. The topological polar surface area (TPSA) is 70.7 Å². The third kappa shape index (κ3) is 3.37. The summed E-state index contributed by atoms with van der Waals surface area (Å²) in [6, 6.07) is 5.87. The van der Waals surface area contributed by atoms with Crippen LogP contribution in [-0.4, -0.2) is 20.9 Å². The lowest BCUT2D eigenvalue weighted by atomic mass is 10.1. The zero-order chi connectivity index (χ0) is 17.3. The molecule has 0 aliphatic carbocycles. The Morgan fingerprint density at radius 3 is 2.58 bits per heavy atom. The van der Waals surface area contributed by atoms with Crippen molar-refractivity contribution < 1.29 is 18.0 Å². The minimum Gasteiger partial charge on any atom is -0.351 e. The van der Waals surface area contributed by atoms with Crippen LogP contribution in [0.1, 0.15) is 27.4 Å². The van der Waals surface area contributed by atoms with Gasteiger partial charge in [0.1, 0.15) is 11.5 Å². The molecule has 3 aromatic rings. The van der Waals surface area contributed by atoms with Gasteiger partial charge in [-0.2, -0.15) is 13.2 Å². The summed E-state index contributed by atoms with van der Waals surface area (Å²) < 4.78 is 38.1. The molecule has 0 saturated heterocycles. The summed E-state index contributed by atoms with van der Waals surface area (Å²) in [6.07, 6.45) is -1.58. The van der Waals surface area contributed by atoms with Crippen molar-refractivity contribution in [2.45, 2.75) is 19.6 Å². The maximum Gasteiger partial charge on any atom is 0.431 e. The third-order valence-corrected chi connectivity index (χ3v) is 3.49. The predicted octanol–water partition coefficient (Wildman–Crippen LogP) is 3.22. The number of H-pyrrole nitrogens is 1. The fourth-order valence-corrected chi connectivity index (χ4v) is 2.24. The molecule has 1 aromatic carbocycles. The standard InChI is InChI=1S/C16H13F3N4O/c1-9-20-7-12(8-21-9)15(24)22-6-10-2-3-13-11(4-10)5-14(23-13)16(17,18)19/h2-5,7-8,23H,6H2,1H3,(H,22,24). The number of nitrogens with one attached hydrogen (secondary N) is 2. The van der Waals surface area contributed by atoms with E-state index < -0.39 is 11.9 Å². The molecule has 0 atom stereocenters. The second kappa shape index (κ2) is 5.95. The van der Waals surface area contributed by atoms with Crippen LogP contribution in [0.25, 0.3) is 10.9 Å². The van der Waals surface area contributed by atoms with E-state index in [2.05, 4.69) is 20.3 Å². The summed E-state index contributed by atoms with van der Waals surface area (Å²) in [5.41, 5.74) is 0.610. The molecule has 2 heterocycles. The van der Waals surface area contributed by atoms with E-state index in [1.54, 1.807) is 25.1 Å². The van der Waals surface area contributed by atoms with E-state index in [-0.39, 0.29) is 12.5 Å². The van der Waals surface area contributed by atoms with Gasteiger partial charge in [-0.05, 0) is 30.7 Å². The molecule has 0 saturated carbocycles. The Morgan fingerprint density at radius 1 is 1.21 bits per heavy atom. The van der Waals surface area contributed by atoms with E-state index >= 15 is 0 Å². The molecular formula is C16H13F3N4O. The van der Waals surface area contributed by atoms with Gasteiger partial charge in [0.15, 0.2) is 0 Å². The van der Waals surface area contributed by atoms with Gasteiger partial charge in [-0.1, -0.05) is 6.07 Å². The Morgan fingerprint density at radius 2 is 1.92 bits per heavy atom. The summed E-state index contributed by atoms with van der Waals surface area (Å²) >= 11 is 0. The Bertz CT molecular complexity index is 884. The monoisotopic (exact) mass is 334 g/mol. The Labute approximate surface area is 134 Å². The number of alkyl halides is 3. The number of nitrogens with zero attached hydrogens (tertiary/aromatic N) is 2. The van der Waals surface area contributed by atoms with Crippen LogP contribution in [0.4, 0.5) is 13.2 Å². The molecule has 124 valence electrons. The number of hydrogen-bond acceptors (Lipinski definition) is 3. The molecule has 0 bridgehead atoms. The summed E-state index contributed by atoms with van der Waals surface area (Å²) in [6.45, 7) is 1.90. The minimum absolute atomic E-state index is 0.190. The number of hydrogen-bond donors (Lipinski definition) is 2. The van der Waals surface area contributed by atoms with Crippen molar-refractivity contribution in [3.63, 3.8) is 0 Å². The Hall–Kier alpha value is -2.90. The smallest absolute Gasteiger partial charge is 0.351 e. The quantitative estimate of drug-likeness (QED) is 0.773. The molecule has 0 radical (unpaired) electrons. The normalized spacial score (nSPS) is 11.7. The van der Waals surface area contributed by atoms with E-state index in [1.807, 2.05) is 0 Å². The highest BCUT2D eigenvalue weighted by Gasteiger charge is 2.32. The minimum atomic E-state index is -4.42. The van der Waals surface area contributed by atoms with Crippen molar-refractivity contribution in [3.8, 4) is 0 Å². The summed E-state index contributed by atoms with van der Waals surface area (Å²) in [5, 5.41) is 3.12. The molecule has 0 aliphatic heterocycles. The van der Waals surface area contributed by atoms with Crippen molar-refractivity contribution >= 4 is 16.8 Å². The van der Waals surface area contributed by atoms with Crippen LogP contribution in [-0.2, 0) is 12.7 Å². The van der Waals surface area contributed by atoms with E-state index in [4.69, 9.17) is 0 Å². The highest BCUT2D eigenvalue weighted by Crippen LogP contribution is 2.31. The number of aromatic amines is 1. The Balaban J connectivity index is 1.73. The van der Waals surface area contributed by atoms with E-state index in [9.17, 15) is 18.0 Å². The molecule has 24 heavy (non-hydrogen) atoms. The van der Waals surface area contributed by atoms with Gasteiger partial charge in [0, 0.05) is 29.8 Å². The number of benzene rings is 1. The second-order valence-electron chi connectivity index (χ2n) is 5.30. The molecule has 8 heteroatoms. The first kappa shape index (κ1) is 16.0. The van der Waals surface area contributed by atoms with E-state index in [1.165, 1.54) is 12.4 Å². The predicted molar refractivity (Wildman–Crippen MR) is 81.2 cm³/mol. The number of carbonyl (C=O) groups excluding carboxylic acids is 1. The maximum absolute atomic E-state index is 12.7. The maximum atomic E-state index is 12.7. The number of halogens is 3. The molecule has 5 nitrogen and oxygen atoms in total. The van der Waals surface area contributed by atoms with Crippen LogP contribution in [0, 0.1) is 6.92 Å². The van der Waals surface area contributed by atoms with Crippen LogP contribution in [0.15, 0.2) is 36.7 Å². The van der Waals surface area contributed by atoms with Gasteiger partial charge in [-0.3, -0.25) is 4.79 Å². The molecule has 0 aliphatic rings. The molecule has 2 aromatic heterocycles. The van der Waals surface area contributed by atoms with Crippen LogP contribution < -0.4 is 5.32 Å². The van der Waals surface area contributed by atoms with Crippen LogP contribution in [0.5, 0.6) is 0 Å². The average molecular weight is 334 g/mol. The fourth-order valence-electron chi connectivity index (χ4n) is 2.24.